The molecule has 0 unspecified atom stereocenters. The lowest BCUT2D eigenvalue weighted by Gasteiger charge is -2.25. The van der Waals surface area contributed by atoms with E-state index in [1.807, 2.05) is 12.1 Å². The molecule has 1 atom stereocenters. The average molecular weight is 401 g/mol. The summed E-state index contributed by atoms with van der Waals surface area (Å²) in [7, 11) is 0. The van der Waals surface area contributed by atoms with Crippen LogP contribution in [0, 0.1) is 0 Å². The van der Waals surface area contributed by atoms with Gasteiger partial charge in [0.2, 0.25) is 0 Å². The molecule has 0 bridgehead atoms. The van der Waals surface area contributed by atoms with Crippen molar-refractivity contribution < 1.29 is 27.8 Å². The molecule has 0 amide bonds. The first-order valence-corrected chi connectivity index (χ1v) is 9.30. The second-order valence-electron chi connectivity index (χ2n) is 7.19. The third-order valence-electron chi connectivity index (χ3n) is 5.23. The maximum atomic E-state index is 12.9. The number of hydrogen-bond donors (Lipinski definition) is 1. The zero-order valence-electron chi connectivity index (χ0n) is 15.4. The Bertz CT molecular complexity index is 1080. The molecule has 0 spiro atoms. The number of carboxylic acid groups (broad SMARTS) is 1. The Balaban J connectivity index is 1.64. The van der Waals surface area contributed by atoms with Crippen LogP contribution in [0.5, 0.6) is 11.5 Å². The highest BCUT2D eigenvalue weighted by molar-refractivity contribution is 5.85. The van der Waals surface area contributed by atoms with E-state index in [1.54, 1.807) is 12.1 Å². The van der Waals surface area contributed by atoms with Crippen LogP contribution in [-0.4, -0.2) is 16.1 Å². The molecule has 0 aliphatic heterocycles. The quantitative estimate of drug-likeness (QED) is 0.588. The van der Waals surface area contributed by atoms with E-state index in [4.69, 9.17) is 9.84 Å². The van der Waals surface area contributed by atoms with Gasteiger partial charge in [-0.05, 0) is 72.7 Å². The summed E-state index contributed by atoms with van der Waals surface area (Å²) >= 11 is 0. The van der Waals surface area contributed by atoms with Crippen molar-refractivity contribution in [3.63, 3.8) is 0 Å². The smallest absolute Gasteiger partial charge is 0.416 e. The van der Waals surface area contributed by atoms with Gasteiger partial charge in [0.1, 0.15) is 11.5 Å². The van der Waals surface area contributed by atoms with Gasteiger partial charge in [-0.25, -0.2) is 0 Å². The molecule has 2 aromatic carbocycles. The number of halogens is 3. The number of aliphatic carboxylic acids is 1. The number of benzene rings is 2. The predicted octanol–water partition coefficient (Wildman–Crippen LogP) is 5.94. The summed E-state index contributed by atoms with van der Waals surface area (Å²) in [6.45, 7) is 0. The zero-order chi connectivity index (χ0) is 20.6. The average Bonchev–Trinajstić information content (AvgIpc) is 2.67. The molecule has 29 heavy (non-hydrogen) atoms. The summed E-state index contributed by atoms with van der Waals surface area (Å²) in [5.41, 5.74) is 1.53. The Kier molecular flexibility index (Phi) is 4.90. The van der Waals surface area contributed by atoms with Crippen LogP contribution in [-0.2, 0) is 17.4 Å². The number of nitrogens with zero attached hydrogens (tertiary/aromatic N) is 1. The van der Waals surface area contributed by atoms with Crippen LogP contribution < -0.4 is 4.74 Å². The van der Waals surface area contributed by atoms with Crippen LogP contribution in [0.4, 0.5) is 13.2 Å². The molecule has 0 radical (unpaired) electrons. The van der Waals surface area contributed by atoms with E-state index in [0.29, 0.717) is 16.9 Å². The minimum absolute atomic E-state index is 0.00663. The Morgan fingerprint density at radius 1 is 1.17 bits per heavy atom. The Hall–Kier alpha value is -3.09. The highest BCUT2D eigenvalue weighted by Crippen LogP contribution is 2.38. The van der Waals surface area contributed by atoms with E-state index in [-0.39, 0.29) is 17.9 Å². The lowest BCUT2D eigenvalue weighted by Crippen LogP contribution is -2.13. The van der Waals surface area contributed by atoms with Gasteiger partial charge in [0.25, 0.3) is 0 Å². The fourth-order valence-corrected chi connectivity index (χ4v) is 3.89. The molecule has 1 aliphatic rings. The van der Waals surface area contributed by atoms with Gasteiger partial charge < -0.3 is 9.84 Å². The zero-order valence-corrected chi connectivity index (χ0v) is 15.4. The molecule has 4 rings (SSSR count). The fourth-order valence-electron chi connectivity index (χ4n) is 3.89. The third-order valence-corrected chi connectivity index (χ3v) is 5.23. The lowest BCUT2D eigenvalue weighted by atomic mass is 9.81. The van der Waals surface area contributed by atoms with Crippen LogP contribution in [0.2, 0.25) is 0 Å². The lowest BCUT2D eigenvalue weighted by molar-refractivity contribution is -0.138. The number of aryl methyl sites for hydroxylation is 1. The number of carbonyl (C=O) groups is 1. The van der Waals surface area contributed by atoms with E-state index in [1.165, 1.54) is 12.3 Å². The Morgan fingerprint density at radius 2 is 2.00 bits per heavy atom. The molecule has 1 heterocycles. The number of rotatable bonds is 4. The van der Waals surface area contributed by atoms with Crippen molar-refractivity contribution in [2.45, 2.75) is 37.8 Å². The summed E-state index contributed by atoms with van der Waals surface area (Å²) in [6.07, 6.45) is -0.321. The SMILES string of the molecule is O=C(O)C[C@@H]1CCCc2cc(Oc3ccnc4cc(C(F)(F)F)ccc34)ccc21. The molecule has 7 heteroatoms. The molecule has 150 valence electrons. The van der Waals surface area contributed by atoms with Crippen LogP contribution in [0.1, 0.15) is 41.9 Å². The highest BCUT2D eigenvalue weighted by atomic mass is 19.4. The summed E-state index contributed by atoms with van der Waals surface area (Å²) in [5, 5.41) is 9.60. The largest absolute Gasteiger partial charge is 0.481 e. The molecule has 1 N–H and O–H groups in total. The van der Waals surface area contributed by atoms with E-state index in [0.717, 1.165) is 42.5 Å². The second kappa shape index (κ2) is 7.39. The van der Waals surface area contributed by atoms with Crippen molar-refractivity contribution in [1.82, 2.24) is 4.98 Å². The van der Waals surface area contributed by atoms with Gasteiger partial charge in [-0.1, -0.05) is 6.07 Å². The summed E-state index contributed by atoms with van der Waals surface area (Å²) < 4.78 is 44.8. The maximum absolute atomic E-state index is 12.9. The first-order valence-electron chi connectivity index (χ1n) is 9.30. The fraction of sp³-hybridized carbons (Fsp3) is 0.273. The maximum Gasteiger partial charge on any atom is 0.416 e. The molecule has 0 fully saturated rings. The van der Waals surface area contributed by atoms with Gasteiger partial charge in [-0.2, -0.15) is 13.2 Å². The number of carboxylic acids is 1. The minimum atomic E-state index is -4.43. The minimum Gasteiger partial charge on any atom is -0.481 e. The van der Waals surface area contributed by atoms with E-state index >= 15 is 0 Å². The molecule has 1 aliphatic carbocycles. The summed E-state index contributed by atoms with van der Waals surface area (Å²) in [6, 6.07) is 10.5. The van der Waals surface area contributed by atoms with Crippen LogP contribution in [0.15, 0.2) is 48.7 Å². The van der Waals surface area contributed by atoms with Gasteiger partial charge in [-0.15, -0.1) is 0 Å². The van der Waals surface area contributed by atoms with Gasteiger partial charge in [0.05, 0.1) is 17.5 Å². The van der Waals surface area contributed by atoms with Crippen LogP contribution in [0.3, 0.4) is 0 Å². The first-order chi connectivity index (χ1) is 13.8. The van der Waals surface area contributed by atoms with Crippen molar-refractivity contribution in [3.05, 3.63) is 65.4 Å². The molecule has 4 nitrogen and oxygen atoms in total. The molecule has 3 aromatic rings. The molecular formula is C22H18F3NO3. The highest BCUT2D eigenvalue weighted by Gasteiger charge is 2.30. The van der Waals surface area contributed by atoms with Crippen LogP contribution in [0.25, 0.3) is 10.9 Å². The van der Waals surface area contributed by atoms with Gasteiger partial charge in [0, 0.05) is 11.6 Å². The van der Waals surface area contributed by atoms with Crippen LogP contribution >= 0.6 is 0 Å². The number of pyridine rings is 1. The van der Waals surface area contributed by atoms with E-state index in [9.17, 15) is 18.0 Å². The number of ether oxygens (including phenoxy) is 1. The van der Waals surface area contributed by atoms with Gasteiger partial charge in [0.15, 0.2) is 0 Å². The van der Waals surface area contributed by atoms with Crippen molar-refractivity contribution in [3.8, 4) is 11.5 Å². The Labute approximate surface area is 165 Å². The normalized spacial score (nSPS) is 16.4. The first kappa shape index (κ1) is 19.2. The topological polar surface area (TPSA) is 59.4 Å². The Morgan fingerprint density at radius 3 is 2.76 bits per heavy atom. The molecular weight excluding hydrogens is 383 g/mol. The monoisotopic (exact) mass is 401 g/mol. The second-order valence-corrected chi connectivity index (χ2v) is 7.19. The predicted molar refractivity (Wildman–Crippen MR) is 101 cm³/mol. The van der Waals surface area contributed by atoms with E-state index < -0.39 is 17.7 Å². The van der Waals surface area contributed by atoms with E-state index in [2.05, 4.69) is 4.98 Å². The summed E-state index contributed by atoms with van der Waals surface area (Å²) in [4.78, 5) is 15.1. The van der Waals surface area contributed by atoms with Crippen molar-refractivity contribution in [2.24, 2.45) is 0 Å². The molecule has 1 aromatic heterocycles. The summed E-state index contributed by atoms with van der Waals surface area (Å²) in [5.74, 6) is 0.159. The van der Waals surface area contributed by atoms with Gasteiger partial charge >= 0.3 is 12.1 Å². The molecule has 0 saturated carbocycles. The number of alkyl halides is 3. The van der Waals surface area contributed by atoms with Gasteiger partial charge in [-0.3, -0.25) is 9.78 Å². The molecule has 0 saturated heterocycles. The number of hydrogen-bond acceptors (Lipinski definition) is 3. The van der Waals surface area contributed by atoms with Crippen molar-refractivity contribution in [1.29, 1.82) is 0 Å². The van der Waals surface area contributed by atoms with Crippen molar-refractivity contribution >= 4 is 16.9 Å². The third kappa shape index (κ3) is 4.04. The van der Waals surface area contributed by atoms with Crippen molar-refractivity contribution in [2.75, 3.05) is 0 Å². The number of aromatic nitrogens is 1. The standard InChI is InChI=1S/C22H18F3NO3/c23-22(24,25)15-4-6-18-19(12-15)26-9-8-20(18)29-16-5-7-17-13(10-16)2-1-3-14(17)11-21(27)28/h4-10,12,14H,1-3,11H2,(H,27,28)/t14-/m0/s1. The number of fused-ring (bicyclic) bond motifs is 2.